The maximum absolute atomic E-state index is 10.9. The Balaban J connectivity index is 3.48. The molecular weight excluding hydrogens is 202 g/mol. The SMILES string of the molecule is CCCC(C)CNCC(Cl)C(=O)OC. The second-order valence-corrected chi connectivity index (χ2v) is 4.07. The number of carbonyl (C=O) groups is 1. The van der Waals surface area contributed by atoms with Gasteiger partial charge in [-0.2, -0.15) is 0 Å². The molecule has 0 aromatic carbocycles. The summed E-state index contributed by atoms with van der Waals surface area (Å²) in [6.07, 6.45) is 2.38. The number of hydrogen-bond acceptors (Lipinski definition) is 3. The summed E-state index contributed by atoms with van der Waals surface area (Å²) >= 11 is 5.75. The molecule has 0 aliphatic carbocycles. The molecule has 84 valence electrons. The highest BCUT2D eigenvalue weighted by Crippen LogP contribution is 2.03. The molecule has 14 heavy (non-hydrogen) atoms. The van der Waals surface area contributed by atoms with Gasteiger partial charge in [-0.15, -0.1) is 11.6 Å². The molecule has 0 aliphatic rings. The first-order valence-corrected chi connectivity index (χ1v) is 5.48. The highest BCUT2D eigenvalue weighted by Gasteiger charge is 2.14. The van der Waals surface area contributed by atoms with Crippen molar-refractivity contribution >= 4 is 17.6 Å². The molecular formula is C10H20ClNO2. The average molecular weight is 222 g/mol. The molecule has 0 saturated carbocycles. The molecule has 2 atom stereocenters. The van der Waals surface area contributed by atoms with Crippen LogP contribution in [-0.4, -0.2) is 31.5 Å². The highest BCUT2D eigenvalue weighted by molar-refractivity contribution is 6.30. The summed E-state index contributed by atoms with van der Waals surface area (Å²) in [7, 11) is 1.34. The lowest BCUT2D eigenvalue weighted by Crippen LogP contribution is -2.32. The number of alkyl halides is 1. The van der Waals surface area contributed by atoms with E-state index in [1.54, 1.807) is 0 Å². The zero-order chi connectivity index (χ0) is 11.0. The minimum absolute atomic E-state index is 0.373. The second kappa shape index (κ2) is 8.06. The molecule has 0 aliphatic heterocycles. The van der Waals surface area contributed by atoms with Gasteiger partial charge in [-0.3, -0.25) is 4.79 Å². The Labute approximate surface area is 91.2 Å². The van der Waals surface area contributed by atoms with Crippen molar-refractivity contribution in [2.75, 3.05) is 20.2 Å². The Morgan fingerprint density at radius 2 is 2.14 bits per heavy atom. The van der Waals surface area contributed by atoms with E-state index in [4.69, 9.17) is 11.6 Å². The fourth-order valence-corrected chi connectivity index (χ4v) is 1.46. The van der Waals surface area contributed by atoms with E-state index in [2.05, 4.69) is 23.9 Å². The number of methoxy groups -OCH3 is 1. The van der Waals surface area contributed by atoms with Gasteiger partial charge in [0.15, 0.2) is 0 Å². The third-order valence-electron chi connectivity index (χ3n) is 2.05. The van der Waals surface area contributed by atoms with E-state index in [9.17, 15) is 4.79 Å². The number of carbonyl (C=O) groups excluding carboxylic acids is 1. The number of nitrogens with one attached hydrogen (secondary N) is 1. The molecule has 0 amide bonds. The molecule has 4 heteroatoms. The summed E-state index contributed by atoms with van der Waals surface area (Å²) in [5.41, 5.74) is 0. The maximum Gasteiger partial charge on any atom is 0.325 e. The molecule has 0 heterocycles. The van der Waals surface area contributed by atoms with Gasteiger partial charge in [-0.25, -0.2) is 0 Å². The minimum atomic E-state index is -0.575. The summed E-state index contributed by atoms with van der Waals surface area (Å²) in [4.78, 5) is 10.9. The maximum atomic E-state index is 10.9. The molecule has 0 fully saturated rings. The van der Waals surface area contributed by atoms with Gasteiger partial charge < -0.3 is 10.1 Å². The van der Waals surface area contributed by atoms with E-state index >= 15 is 0 Å². The minimum Gasteiger partial charge on any atom is -0.468 e. The Bertz CT molecular complexity index is 164. The molecule has 3 nitrogen and oxygen atoms in total. The lowest BCUT2D eigenvalue weighted by molar-refractivity contribution is -0.140. The third-order valence-corrected chi connectivity index (χ3v) is 2.39. The summed E-state index contributed by atoms with van der Waals surface area (Å²) in [5.74, 6) is 0.254. The lowest BCUT2D eigenvalue weighted by Gasteiger charge is -2.13. The summed E-state index contributed by atoms with van der Waals surface area (Å²) in [6, 6.07) is 0. The van der Waals surface area contributed by atoms with Crippen molar-refractivity contribution in [1.29, 1.82) is 0 Å². The zero-order valence-corrected chi connectivity index (χ0v) is 9.93. The van der Waals surface area contributed by atoms with E-state index < -0.39 is 5.38 Å². The van der Waals surface area contributed by atoms with E-state index in [0.29, 0.717) is 12.5 Å². The van der Waals surface area contributed by atoms with Crippen LogP contribution in [0.5, 0.6) is 0 Å². The molecule has 0 aromatic rings. The van der Waals surface area contributed by atoms with Gasteiger partial charge >= 0.3 is 5.97 Å². The molecule has 0 bridgehead atoms. The van der Waals surface area contributed by atoms with E-state index in [1.807, 2.05) is 0 Å². The van der Waals surface area contributed by atoms with Crippen LogP contribution in [-0.2, 0) is 9.53 Å². The predicted molar refractivity (Wildman–Crippen MR) is 58.6 cm³/mol. The summed E-state index contributed by atoms with van der Waals surface area (Å²) < 4.78 is 4.51. The molecule has 0 rings (SSSR count). The van der Waals surface area contributed by atoms with Gasteiger partial charge in [-0.1, -0.05) is 20.3 Å². The fourth-order valence-electron chi connectivity index (χ4n) is 1.26. The van der Waals surface area contributed by atoms with Crippen molar-refractivity contribution in [3.05, 3.63) is 0 Å². The molecule has 2 unspecified atom stereocenters. The predicted octanol–water partition coefficient (Wildman–Crippen LogP) is 1.79. The third kappa shape index (κ3) is 6.22. The van der Waals surface area contributed by atoms with Gasteiger partial charge in [0, 0.05) is 6.54 Å². The van der Waals surface area contributed by atoms with Crippen molar-refractivity contribution in [3.8, 4) is 0 Å². The normalized spacial score (nSPS) is 14.9. The zero-order valence-electron chi connectivity index (χ0n) is 9.18. The van der Waals surface area contributed by atoms with Crippen LogP contribution in [0.4, 0.5) is 0 Å². The second-order valence-electron chi connectivity index (χ2n) is 3.54. The first kappa shape index (κ1) is 13.7. The first-order valence-electron chi connectivity index (χ1n) is 5.04. The number of esters is 1. The molecule has 0 aromatic heterocycles. The number of hydrogen-bond donors (Lipinski definition) is 1. The van der Waals surface area contributed by atoms with Gasteiger partial charge in [0.1, 0.15) is 5.38 Å². The first-order chi connectivity index (χ1) is 6.61. The lowest BCUT2D eigenvalue weighted by atomic mass is 10.1. The van der Waals surface area contributed by atoms with Crippen LogP contribution in [0.25, 0.3) is 0 Å². The van der Waals surface area contributed by atoms with Crippen LogP contribution in [0, 0.1) is 5.92 Å². The molecule has 0 radical (unpaired) electrons. The topological polar surface area (TPSA) is 38.3 Å². The number of halogens is 1. The van der Waals surface area contributed by atoms with Crippen molar-refractivity contribution in [2.24, 2.45) is 5.92 Å². The fraction of sp³-hybridized carbons (Fsp3) is 0.900. The average Bonchev–Trinajstić information content (AvgIpc) is 2.16. The monoisotopic (exact) mass is 221 g/mol. The molecule has 1 N–H and O–H groups in total. The Kier molecular flexibility index (Phi) is 7.90. The smallest absolute Gasteiger partial charge is 0.325 e. The Morgan fingerprint density at radius 3 is 2.64 bits per heavy atom. The van der Waals surface area contributed by atoms with Gasteiger partial charge in [0.05, 0.1) is 7.11 Å². The van der Waals surface area contributed by atoms with Gasteiger partial charge in [0.25, 0.3) is 0 Å². The van der Waals surface area contributed by atoms with Crippen molar-refractivity contribution in [3.63, 3.8) is 0 Å². The van der Waals surface area contributed by atoms with Crippen LogP contribution in [0.1, 0.15) is 26.7 Å². The van der Waals surface area contributed by atoms with Crippen molar-refractivity contribution in [1.82, 2.24) is 5.32 Å². The Hall–Kier alpha value is -0.280. The standard InChI is InChI=1S/C10H20ClNO2/c1-4-5-8(2)6-12-7-9(11)10(13)14-3/h8-9,12H,4-7H2,1-3H3. The van der Waals surface area contributed by atoms with Crippen LogP contribution in [0.15, 0.2) is 0 Å². The van der Waals surface area contributed by atoms with Crippen LogP contribution < -0.4 is 5.32 Å². The summed E-state index contributed by atoms with van der Waals surface area (Å²) in [5, 5.41) is 2.58. The summed E-state index contributed by atoms with van der Waals surface area (Å²) in [6.45, 7) is 5.71. The quantitative estimate of drug-likeness (QED) is 0.526. The van der Waals surface area contributed by atoms with Gasteiger partial charge in [0.2, 0.25) is 0 Å². The van der Waals surface area contributed by atoms with E-state index in [1.165, 1.54) is 20.0 Å². The largest absolute Gasteiger partial charge is 0.468 e. The number of rotatable bonds is 7. The van der Waals surface area contributed by atoms with Crippen molar-refractivity contribution < 1.29 is 9.53 Å². The number of ether oxygens (including phenoxy) is 1. The highest BCUT2D eigenvalue weighted by atomic mass is 35.5. The van der Waals surface area contributed by atoms with Gasteiger partial charge in [-0.05, 0) is 18.9 Å². The van der Waals surface area contributed by atoms with Crippen LogP contribution in [0.2, 0.25) is 0 Å². The van der Waals surface area contributed by atoms with Crippen molar-refractivity contribution in [2.45, 2.75) is 32.1 Å². The van der Waals surface area contributed by atoms with E-state index in [-0.39, 0.29) is 5.97 Å². The van der Waals surface area contributed by atoms with Crippen LogP contribution in [0.3, 0.4) is 0 Å². The van der Waals surface area contributed by atoms with E-state index in [0.717, 1.165) is 6.54 Å². The van der Waals surface area contributed by atoms with Crippen LogP contribution >= 0.6 is 11.6 Å². The molecule has 0 spiro atoms. The Morgan fingerprint density at radius 1 is 1.50 bits per heavy atom. The molecule has 0 saturated heterocycles.